The standard InChI is InChI=1S/C8H11N5O2S/c1-6(8-9-2-3-10-8)13-16(14,15)7-4-11-12-5-7/h2-6,13H,1H3,(H,9,10)(H,11,12). The zero-order valence-corrected chi connectivity index (χ0v) is 9.32. The minimum absolute atomic E-state index is 0.103. The largest absolute Gasteiger partial charge is 0.347 e. The number of nitrogens with zero attached hydrogens (tertiary/aromatic N) is 2. The molecule has 0 aliphatic heterocycles. The van der Waals surface area contributed by atoms with Gasteiger partial charge in [0.2, 0.25) is 10.0 Å². The Balaban J connectivity index is 2.16. The average molecular weight is 241 g/mol. The van der Waals surface area contributed by atoms with Crippen molar-refractivity contribution in [3.8, 4) is 0 Å². The second-order valence-electron chi connectivity index (χ2n) is 3.25. The molecule has 8 heteroatoms. The van der Waals surface area contributed by atoms with Crippen LogP contribution in [0.2, 0.25) is 0 Å². The van der Waals surface area contributed by atoms with Crippen molar-refractivity contribution in [2.45, 2.75) is 17.9 Å². The SMILES string of the molecule is CC(NS(=O)(=O)c1cn[nH]c1)c1ncc[nH]1. The molecule has 0 aromatic carbocycles. The van der Waals surface area contributed by atoms with E-state index in [9.17, 15) is 8.42 Å². The zero-order valence-electron chi connectivity index (χ0n) is 8.51. The van der Waals surface area contributed by atoms with Crippen LogP contribution in [0, 0.1) is 0 Å². The van der Waals surface area contributed by atoms with Gasteiger partial charge in [0.05, 0.1) is 12.2 Å². The number of nitrogens with one attached hydrogen (secondary N) is 3. The van der Waals surface area contributed by atoms with Gasteiger partial charge in [-0.2, -0.15) is 5.10 Å². The molecule has 0 saturated heterocycles. The van der Waals surface area contributed by atoms with Crippen LogP contribution in [0.1, 0.15) is 18.8 Å². The first-order valence-electron chi connectivity index (χ1n) is 4.60. The summed E-state index contributed by atoms with van der Waals surface area (Å²) in [6.45, 7) is 1.70. The summed E-state index contributed by atoms with van der Waals surface area (Å²) in [5.41, 5.74) is 0. The van der Waals surface area contributed by atoms with E-state index >= 15 is 0 Å². The number of imidazole rings is 1. The molecule has 0 aliphatic rings. The Kier molecular flexibility index (Phi) is 2.75. The summed E-state index contributed by atoms with van der Waals surface area (Å²) < 4.78 is 26.1. The summed E-state index contributed by atoms with van der Waals surface area (Å²) in [6.07, 6.45) is 5.77. The van der Waals surface area contributed by atoms with E-state index in [1.165, 1.54) is 12.4 Å². The van der Waals surface area contributed by atoms with Gasteiger partial charge in [0.15, 0.2) is 0 Å². The fourth-order valence-corrected chi connectivity index (χ4v) is 2.37. The Hall–Kier alpha value is -1.67. The predicted octanol–water partition coefficient (Wildman–Crippen LogP) is 0.172. The topological polar surface area (TPSA) is 104 Å². The van der Waals surface area contributed by atoms with Crippen molar-refractivity contribution in [1.29, 1.82) is 0 Å². The van der Waals surface area contributed by atoms with Gasteiger partial charge in [0.1, 0.15) is 10.7 Å². The number of hydrogen-bond acceptors (Lipinski definition) is 4. The molecule has 2 aromatic heterocycles. The first-order valence-corrected chi connectivity index (χ1v) is 6.08. The Labute approximate surface area is 92.4 Å². The van der Waals surface area contributed by atoms with Gasteiger partial charge in [0, 0.05) is 18.6 Å². The highest BCUT2D eigenvalue weighted by Gasteiger charge is 2.20. The lowest BCUT2D eigenvalue weighted by Gasteiger charge is -2.10. The summed E-state index contributed by atoms with van der Waals surface area (Å²) in [5, 5.41) is 6.04. The molecular weight excluding hydrogens is 230 g/mol. The van der Waals surface area contributed by atoms with Crippen LogP contribution in [0.4, 0.5) is 0 Å². The fraction of sp³-hybridized carbons (Fsp3) is 0.250. The number of H-pyrrole nitrogens is 2. The van der Waals surface area contributed by atoms with Crippen LogP contribution in [0.25, 0.3) is 0 Å². The van der Waals surface area contributed by atoms with Crippen molar-refractivity contribution < 1.29 is 8.42 Å². The molecule has 1 atom stereocenters. The quantitative estimate of drug-likeness (QED) is 0.709. The van der Waals surface area contributed by atoms with Crippen molar-refractivity contribution in [1.82, 2.24) is 24.9 Å². The molecule has 7 nitrogen and oxygen atoms in total. The van der Waals surface area contributed by atoms with Crippen LogP contribution in [0.3, 0.4) is 0 Å². The summed E-state index contributed by atoms with van der Waals surface area (Å²) in [4.78, 5) is 6.92. The Bertz CT molecular complexity index is 531. The third-order valence-electron chi connectivity index (χ3n) is 2.04. The normalized spacial score (nSPS) is 13.8. The first kappa shape index (κ1) is 10.8. The second-order valence-corrected chi connectivity index (χ2v) is 4.97. The molecule has 0 saturated carbocycles. The third kappa shape index (κ3) is 2.12. The molecule has 0 aliphatic carbocycles. The summed E-state index contributed by atoms with van der Waals surface area (Å²) in [7, 11) is -3.55. The number of sulfonamides is 1. The lowest BCUT2D eigenvalue weighted by molar-refractivity contribution is 0.561. The van der Waals surface area contributed by atoms with Gasteiger partial charge in [-0.15, -0.1) is 0 Å². The number of aromatic amines is 2. The average Bonchev–Trinajstić information content (AvgIpc) is 2.91. The molecular formula is C8H11N5O2S. The van der Waals surface area contributed by atoms with Gasteiger partial charge in [-0.1, -0.05) is 0 Å². The van der Waals surface area contributed by atoms with Gasteiger partial charge >= 0.3 is 0 Å². The van der Waals surface area contributed by atoms with Crippen LogP contribution in [-0.4, -0.2) is 28.6 Å². The van der Waals surface area contributed by atoms with Gasteiger partial charge in [-0.05, 0) is 6.92 Å². The molecule has 2 heterocycles. The molecule has 0 radical (unpaired) electrons. The van der Waals surface area contributed by atoms with Crippen molar-refractivity contribution in [3.63, 3.8) is 0 Å². The maximum Gasteiger partial charge on any atom is 0.244 e. The second kappa shape index (κ2) is 4.06. The summed E-state index contributed by atoms with van der Waals surface area (Å²) in [6, 6.07) is -0.421. The van der Waals surface area contributed by atoms with E-state index in [2.05, 4.69) is 24.9 Å². The van der Waals surface area contributed by atoms with E-state index in [0.717, 1.165) is 0 Å². The number of rotatable bonds is 4. The van der Waals surface area contributed by atoms with E-state index in [4.69, 9.17) is 0 Å². The summed E-state index contributed by atoms with van der Waals surface area (Å²) in [5.74, 6) is 0.562. The smallest absolute Gasteiger partial charge is 0.244 e. The highest BCUT2D eigenvalue weighted by molar-refractivity contribution is 7.89. The van der Waals surface area contributed by atoms with Gasteiger partial charge < -0.3 is 4.98 Å². The van der Waals surface area contributed by atoms with Gasteiger partial charge in [-0.3, -0.25) is 5.10 Å². The van der Waals surface area contributed by atoms with E-state index in [0.29, 0.717) is 5.82 Å². The highest BCUT2D eigenvalue weighted by atomic mass is 32.2. The predicted molar refractivity (Wildman–Crippen MR) is 55.9 cm³/mol. The molecule has 16 heavy (non-hydrogen) atoms. The molecule has 2 rings (SSSR count). The molecule has 86 valence electrons. The fourth-order valence-electron chi connectivity index (χ4n) is 1.26. The Morgan fingerprint density at radius 2 is 2.31 bits per heavy atom. The minimum atomic E-state index is -3.55. The van der Waals surface area contributed by atoms with Crippen molar-refractivity contribution in [2.75, 3.05) is 0 Å². The van der Waals surface area contributed by atoms with E-state index in [1.807, 2.05) is 0 Å². The lowest BCUT2D eigenvalue weighted by atomic mass is 10.3. The van der Waals surface area contributed by atoms with Crippen molar-refractivity contribution in [3.05, 3.63) is 30.6 Å². The van der Waals surface area contributed by atoms with Crippen LogP contribution < -0.4 is 4.72 Å². The van der Waals surface area contributed by atoms with Crippen LogP contribution >= 0.6 is 0 Å². The van der Waals surface area contributed by atoms with Crippen LogP contribution in [0.15, 0.2) is 29.7 Å². The van der Waals surface area contributed by atoms with E-state index < -0.39 is 16.1 Å². The van der Waals surface area contributed by atoms with Crippen LogP contribution in [-0.2, 0) is 10.0 Å². The lowest BCUT2D eigenvalue weighted by Crippen LogP contribution is -2.27. The Morgan fingerprint density at radius 1 is 1.50 bits per heavy atom. The van der Waals surface area contributed by atoms with Crippen molar-refractivity contribution >= 4 is 10.0 Å². The highest BCUT2D eigenvalue weighted by Crippen LogP contribution is 2.12. The number of aromatic nitrogens is 4. The maximum absolute atomic E-state index is 11.8. The Morgan fingerprint density at radius 3 is 2.88 bits per heavy atom. The maximum atomic E-state index is 11.8. The molecule has 1 unspecified atom stereocenters. The molecule has 0 fully saturated rings. The van der Waals surface area contributed by atoms with Crippen LogP contribution in [0.5, 0.6) is 0 Å². The van der Waals surface area contributed by atoms with Crippen molar-refractivity contribution in [2.24, 2.45) is 0 Å². The molecule has 3 N–H and O–H groups in total. The van der Waals surface area contributed by atoms with E-state index in [1.54, 1.807) is 19.3 Å². The minimum Gasteiger partial charge on any atom is -0.347 e. The zero-order chi connectivity index (χ0) is 11.6. The molecule has 0 bridgehead atoms. The third-order valence-corrected chi connectivity index (χ3v) is 3.55. The summed E-state index contributed by atoms with van der Waals surface area (Å²) >= 11 is 0. The molecule has 0 amide bonds. The van der Waals surface area contributed by atoms with Gasteiger partial charge in [0.25, 0.3) is 0 Å². The molecule has 2 aromatic rings. The number of hydrogen-bond donors (Lipinski definition) is 3. The first-order chi connectivity index (χ1) is 7.59. The van der Waals surface area contributed by atoms with Gasteiger partial charge in [-0.25, -0.2) is 18.1 Å². The van der Waals surface area contributed by atoms with E-state index in [-0.39, 0.29) is 4.90 Å². The monoisotopic (exact) mass is 241 g/mol. The molecule has 0 spiro atoms.